The van der Waals surface area contributed by atoms with Crippen LogP contribution >= 0.6 is 0 Å². The van der Waals surface area contributed by atoms with E-state index in [-0.39, 0.29) is 24.0 Å². The molecule has 1 saturated heterocycles. The number of carbonyl (C=O) groups is 1. The van der Waals surface area contributed by atoms with E-state index in [0.29, 0.717) is 6.61 Å². The van der Waals surface area contributed by atoms with Crippen molar-refractivity contribution in [3.05, 3.63) is 24.3 Å². The summed E-state index contributed by atoms with van der Waals surface area (Å²) in [6.45, 7) is 5.05. The van der Waals surface area contributed by atoms with Gasteiger partial charge in [0.15, 0.2) is 0 Å². The molecule has 0 saturated carbocycles. The predicted molar refractivity (Wildman–Crippen MR) is 82.4 cm³/mol. The number of hydrogen-bond acceptors (Lipinski definition) is 4. The highest BCUT2D eigenvalue weighted by molar-refractivity contribution is 5.92. The zero-order chi connectivity index (χ0) is 15.2. The first-order valence-electron chi connectivity index (χ1n) is 7.47. The van der Waals surface area contributed by atoms with Crippen LogP contribution in [0.4, 0.5) is 5.69 Å². The SMILES string of the molecule is CC(N)C(C)C(=O)Nc1ccc(OCC2CCCO2)cc1. The summed E-state index contributed by atoms with van der Waals surface area (Å²) in [6.07, 6.45) is 2.37. The Balaban J connectivity index is 1.82. The lowest BCUT2D eigenvalue weighted by atomic mass is 10.0. The molecule has 3 atom stereocenters. The smallest absolute Gasteiger partial charge is 0.228 e. The van der Waals surface area contributed by atoms with Crippen LogP contribution in [0.15, 0.2) is 24.3 Å². The van der Waals surface area contributed by atoms with Gasteiger partial charge in [0.25, 0.3) is 0 Å². The zero-order valence-corrected chi connectivity index (χ0v) is 12.7. The van der Waals surface area contributed by atoms with E-state index in [0.717, 1.165) is 30.9 Å². The van der Waals surface area contributed by atoms with Gasteiger partial charge in [0.2, 0.25) is 5.91 Å². The first-order valence-corrected chi connectivity index (χ1v) is 7.47. The number of benzene rings is 1. The Morgan fingerprint density at radius 3 is 2.71 bits per heavy atom. The lowest BCUT2D eigenvalue weighted by Gasteiger charge is -2.16. The van der Waals surface area contributed by atoms with Crippen LogP contribution in [0.25, 0.3) is 0 Å². The molecule has 116 valence electrons. The van der Waals surface area contributed by atoms with Gasteiger partial charge in [-0.1, -0.05) is 6.92 Å². The topological polar surface area (TPSA) is 73.6 Å². The maximum atomic E-state index is 11.9. The Morgan fingerprint density at radius 2 is 2.14 bits per heavy atom. The quantitative estimate of drug-likeness (QED) is 0.842. The Kier molecular flexibility index (Phi) is 5.59. The molecule has 3 unspecified atom stereocenters. The summed E-state index contributed by atoms with van der Waals surface area (Å²) in [5, 5.41) is 2.85. The first kappa shape index (κ1) is 15.8. The standard InChI is InChI=1S/C16H24N2O3/c1-11(12(2)17)16(19)18-13-5-7-14(8-6-13)21-10-15-4-3-9-20-15/h5-8,11-12,15H,3-4,9-10,17H2,1-2H3,(H,18,19). The van der Waals surface area contributed by atoms with Gasteiger partial charge in [-0.25, -0.2) is 0 Å². The Labute approximate surface area is 125 Å². The zero-order valence-electron chi connectivity index (χ0n) is 12.7. The van der Waals surface area contributed by atoms with Crippen LogP contribution in [0.3, 0.4) is 0 Å². The molecule has 1 aliphatic rings. The maximum Gasteiger partial charge on any atom is 0.228 e. The van der Waals surface area contributed by atoms with Crippen LogP contribution in [0.2, 0.25) is 0 Å². The minimum Gasteiger partial charge on any atom is -0.491 e. The molecule has 5 heteroatoms. The molecule has 1 aromatic rings. The number of anilines is 1. The van der Waals surface area contributed by atoms with Gasteiger partial charge >= 0.3 is 0 Å². The number of carbonyl (C=O) groups excluding carboxylic acids is 1. The summed E-state index contributed by atoms with van der Waals surface area (Å²) in [6, 6.07) is 7.19. The number of nitrogens with one attached hydrogen (secondary N) is 1. The minimum absolute atomic E-state index is 0.0713. The number of ether oxygens (including phenoxy) is 2. The minimum atomic E-state index is -0.222. The number of rotatable bonds is 6. The molecule has 0 bridgehead atoms. The van der Waals surface area contributed by atoms with Crippen molar-refractivity contribution in [2.24, 2.45) is 11.7 Å². The van der Waals surface area contributed by atoms with Crippen LogP contribution in [0.5, 0.6) is 5.75 Å². The molecule has 5 nitrogen and oxygen atoms in total. The van der Waals surface area contributed by atoms with Crippen molar-refractivity contribution in [2.45, 2.75) is 38.8 Å². The molecular formula is C16H24N2O3. The molecule has 1 heterocycles. The van der Waals surface area contributed by atoms with Gasteiger partial charge in [-0.2, -0.15) is 0 Å². The number of hydrogen-bond donors (Lipinski definition) is 2. The molecule has 2 rings (SSSR count). The van der Waals surface area contributed by atoms with Crippen molar-refractivity contribution in [1.82, 2.24) is 0 Å². The number of nitrogens with two attached hydrogens (primary N) is 1. The Morgan fingerprint density at radius 1 is 1.43 bits per heavy atom. The molecule has 0 radical (unpaired) electrons. The summed E-state index contributed by atoms with van der Waals surface area (Å²) >= 11 is 0. The molecule has 0 aromatic heterocycles. The van der Waals surface area contributed by atoms with Gasteiger partial charge in [-0.05, 0) is 44.0 Å². The predicted octanol–water partition coefficient (Wildman–Crippen LogP) is 2.17. The van der Waals surface area contributed by atoms with Crippen molar-refractivity contribution < 1.29 is 14.3 Å². The van der Waals surface area contributed by atoms with Crippen molar-refractivity contribution in [3.63, 3.8) is 0 Å². The lowest BCUT2D eigenvalue weighted by Crippen LogP contribution is -2.34. The van der Waals surface area contributed by atoms with Crippen LogP contribution in [-0.4, -0.2) is 31.3 Å². The fourth-order valence-corrected chi connectivity index (χ4v) is 2.09. The third-order valence-electron chi connectivity index (χ3n) is 3.78. The van der Waals surface area contributed by atoms with E-state index >= 15 is 0 Å². The van der Waals surface area contributed by atoms with E-state index in [2.05, 4.69) is 5.32 Å². The molecule has 0 spiro atoms. The highest BCUT2D eigenvalue weighted by Gasteiger charge is 2.17. The van der Waals surface area contributed by atoms with Gasteiger partial charge in [0.1, 0.15) is 12.4 Å². The molecular weight excluding hydrogens is 268 g/mol. The largest absolute Gasteiger partial charge is 0.491 e. The molecule has 1 aliphatic heterocycles. The normalized spacial score (nSPS) is 20.8. The molecule has 1 fully saturated rings. The second-order valence-corrected chi connectivity index (χ2v) is 5.61. The van der Waals surface area contributed by atoms with Crippen molar-refractivity contribution >= 4 is 11.6 Å². The third kappa shape index (κ3) is 4.72. The molecule has 3 N–H and O–H groups in total. The molecule has 0 aliphatic carbocycles. The maximum absolute atomic E-state index is 11.9. The molecule has 21 heavy (non-hydrogen) atoms. The van der Waals surface area contributed by atoms with E-state index in [1.807, 2.05) is 38.1 Å². The van der Waals surface area contributed by atoms with Crippen LogP contribution in [0.1, 0.15) is 26.7 Å². The van der Waals surface area contributed by atoms with Gasteiger partial charge in [0.05, 0.1) is 12.0 Å². The van der Waals surface area contributed by atoms with Crippen LogP contribution in [0, 0.1) is 5.92 Å². The average molecular weight is 292 g/mol. The van der Waals surface area contributed by atoms with Crippen molar-refractivity contribution in [3.8, 4) is 5.75 Å². The molecule has 1 amide bonds. The van der Waals surface area contributed by atoms with Gasteiger partial charge in [-0.3, -0.25) is 4.79 Å². The summed E-state index contributed by atoms with van der Waals surface area (Å²) < 4.78 is 11.2. The van der Waals surface area contributed by atoms with Crippen molar-refractivity contribution in [1.29, 1.82) is 0 Å². The fraction of sp³-hybridized carbons (Fsp3) is 0.562. The van der Waals surface area contributed by atoms with E-state index in [4.69, 9.17) is 15.2 Å². The fourth-order valence-electron chi connectivity index (χ4n) is 2.09. The summed E-state index contributed by atoms with van der Waals surface area (Å²) in [5.41, 5.74) is 6.47. The lowest BCUT2D eigenvalue weighted by molar-refractivity contribution is -0.119. The summed E-state index contributed by atoms with van der Waals surface area (Å²) in [4.78, 5) is 11.9. The molecule has 1 aromatic carbocycles. The van der Waals surface area contributed by atoms with Crippen LogP contribution < -0.4 is 15.8 Å². The van der Waals surface area contributed by atoms with E-state index < -0.39 is 0 Å². The van der Waals surface area contributed by atoms with Gasteiger partial charge in [0, 0.05) is 18.3 Å². The second-order valence-electron chi connectivity index (χ2n) is 5.61. The Hall–Kier alpha value is -1.59. The number of amides is 1. The van der Waals surface area contributed by atoms with E-state index in [1.165, 1.54) is 0 Å². The van der Waals surface area contributed by atoms with Crippen molar-refractivity contribution in [2.75, 3.05) is 18.5 Å². The summed E-state index contributed by atoms with van der Waals surface area (Å²) in [5.74, 6) is 0.488. The Bertz CT molecular complexity index is 453. The first-order chi connectivity index (χ1) is 10.1. The highest BCUT2D eigenvalue weighted by atomic mass is 16.5. The van der Waals surface area contributed by atoms with Gasteiger partial charge < -0.3 is 20.5 Å². The van der Waals surface area contributed by atoms with Crippen LogP contribution in [-0.2, 0) is 9.53 Å². The average Bonchev–Trinajstić information content (AvgIpc) is 2.99. The highest BCUT2D eigenvalue weighted by Crippen LogP contribution is 2.19. The third-order valence-corrected chi connectivity index (χ3v) is 3.78. The van der Waals surface area contributed by atoms with E-state index in [9.17, 15) is 4.79 Å². The van der Waals surface area contributed by atoms with Gasteiger partial charge in [-0.15, -0.1) is 0 Å². The monoisotopic (exact) mass is 292 g/mol. The summed E-state index contributed by atoms with van der Waals surface area (Å²) in [7, 11) is 0. The van der Waals surface area contributed by atoms with E-state index in [1.54, 1.807) is 0 Å². The second kappa shape index (κ2) is 7.43.